The number of hydrogen-bond acceptors (Lipinski definition) is 3. The van der Waals surface area contributed by atoms with Crippen LogP contribution >= 0.6 is 0 Å². The van der Waals surface area contributed by atoms with Crippen LogP contribution in [0, 0.1) is 13.0 Å². The van der Waals surface area contributed by atoms with Crippen LogP contribution in [0.5, 0.6) is 0 Å². The quantitative estimate of drug-likeness (QED) is 0.778. The first kappa shape index (κ1) is 10.3. The Bertz CT molecular complexity index is 335. The fourth-order valence-electron chi connectivity index (χ4n) is 2.04. The van der Waals surface area contributed by atoms with Crippen LogP contribution in [-0.2, 0) is 0 Å². The number of nitrogens with one attached hydrogen (secondary N) is 1. The van der Waals surface area contributed by atoms with Gasteiger partial charge in [-0.25, -0.2) is 4.98 Å². The van der Waals surface area contributed by atoms with E-state index in [4.69, 9.17) is 0 Å². The standard InChI is InChI=1S/C11H16FN3/c1-3-11(5-4-6-11)15-9-7-8(2)13-10(12)14-9/h7H,3-6H2,1-2H3,(H,13,14,15). The van der Waals surface area contributed by atoms with Gasteiger partial charge in [-0.3, -0.25) is 0 Å². The van der Waals surface area contributed by atoms with E-state index in [1.54, 1.807) is 13.0 Å². The molecule has 2 rings (SSSR count). The minimum absolute atomic E-state index is 0.146. The van der Waals surface area contributed by atoms with Crippen molar-refractivity contribution >= 4 is 5.82 Å². The second-order valence-electron chi connectivity index (χ2n) is 4.28. The van der Waals surface area contributed by atoms with Gasteiger partial charge in [0, 0.05) is 17.3 Å². The smallest absolute Gasteiger partial charge is 0.310 e. The van der Waals surface area contributed by atoms with Crippen LogP contribution in [0.3, 0.4) is 0 Å². The summed E-state index contributed by atoms with van der Waals surface area (Å²) in [7, 11) is 0. The number of anilines is 1. The molecular formula is C11H16FN3. The van der Waals surface area contributed by atoms with Crippen molar-refractivity contribution in [2.24, 2.45) is 0 Å². The number of nitrogens with zero attached hydrogens (tertiary/aromatic N) is 2. The lowest BCUT2D eigenvalue weighted by Crippen LogP contribution is -2.44. The molecule has 0 unspecified atom stereocenters. The zero-order chi connectivity index (χ0) is 10.9. The highest BCUT2D eigenvalue weighted by molar-refractivity contribution is 5.39. The molecule has 1 saturated carbocycles. The number of rotatable bonds is 3. The van der Waals surface area contributed by atoms with Crippen molar-refractivity contribution in [2.75, 3.05) is 5.32 Å². The van der Waals surface area contributed by atoms with Crippen molar-refractivity contribution in [3.05, 3.63) is 17.8 Å². The molecule has 1 N–H and O–H groups in total. The molecule has 0 bridgehead atoms. The number of halogens is 1. The van der Waals surface area contributed by atoms with Gasteiger partial charge in [0.05, 0.1) is 0 Å². The molecule has 0 atom stereocenters. The molecule has 0 radical (unpaired) electrons. The largest absolute Gasteiger partial charge is 0.364 e. The second-order valence-corrected chi connectivity index (χ2v) is 4.28. The zero-order valence-electron chi connectivity index (χ0n) is 9.18. The van der Waals surface area contributed by atoms with Crippen molar-refractivity contribution in [3.63, 3.8) is 0 Å². The maximum Gasteiger partial charge on any atom is 0.310 e. The third kappa shape index (κ3) is 2.08. The number of aryl methyl sites for hydroxylation is 1. The van der Waals surface area contributed by atoms with Gasteiger partial charge < -0.3 is 5.32 Å². The van der Waals surface area contributed by atoms with E-state index in [2.05, 4.69) is 22.2 Å². The summed E-state index contributed by atoms with van der Waals surface area (Å²) < 4.78 is 13.0. The van der Waals surface area contributed by atoms with Gasteiger partial charge in [0.1, 0.15) is 5.82 Å². The molecule has 1 heterocycles. The van der Waals surface area contributed by atoms with E-state index in [9.17, 15) is 4.39 Å². The summed E-state index contributed by atoms with van der Waals surface area (Å²) in [5.74, 6) is 0.613. The predicted octanol–water partition coefficient (Wildman–Crippen LogP) is 2.67. The van der Waals surface area contributed by atoms with Crippen molar-refractivity contribution in [1.82, 2.24) is 9.97 Å². The van der Waals surface area contributed by atoms with E-state index in [0.29, 0.717) is 11.5 Å². The van der Waals surface area contributed by atoms with Crippen LogP contribution in [0.4, 0.5) is 10.2 Å². The Morgan fingerprint density at radius 3 is 2.67 bits per heavy atom. The Hall–Kier alpha value is -1.19. The first-order valence-electron chi connectivity index (χ1n) is 5.43. The highest BCUT2D eigenvalue weighted by atomic mass is 19.1. The van der Waals surface area contributed by atoms with E-state index in [0.717, 1.165) is 19.3 Å². The van der Waals surface area contributed by atoms with Crippen LogP contribution in [-0.4, -0.2) is 15.5 Å². The van der Waals surface area contributed by atoms with Crippen LogP contribution in [0.1, 0.15) is 38.3 Å². The normalized spacial score (nSPS) is 18.3. The Labute approximate surface area is 89.1 Å². The number of aromatic nitrogens is 2. The van der Waals surface area contributed by atoms with Crippen LogP contribution in [0.25, 0.3) is 0 Å². The summed E-state index contributed by atoms with van der Waals surface area (Å²) in [6, 6.07) is 1.79. The average Bonchev–Trinajstić information content (AvgIpc) is 2.10. The maximum absolute atomic E-state index is 13.0. The van der Waals surface area contributed by atoms with Crippen LogP contribution in [0.2, 0.25) is 0 Å². The maximum atomic E-state index is 13.0. The molecule has 82 valence electrons. The first-order chi connectivity index (χ1) is 7.13. The summed E-state index contributed by atoms with van der Waals surface area (Å²) in [6.07, 6.45) is 3.94. The second kappa shape index (κ2) is 3.76. The highest BCUT2D eigenvalue weighted by Gasteiger charge is 2.35. The Morgan fingerprint density at radius 2 is 2.20 bits per heavy atom. The third-order valence-electron chi connectivity index (χ3n) is 3.21. The van der Waals surface area contributed by atoms with E-state index < -0.39 is 6.08 Å². The lowest BCUT2D eigenvalue weighted by Gasteiger charge is -2.42. The van der Waals surface area contributed by atoms with Gasteiger partial charge in [-0.15, -0.1) is 0 Å². The third-order valence-corrected chi connectivity index (χ3v) is 3.21. The molecule has 0 aromatic carbocycles. The fourth-order valence-corrected chi connectivity index (χ4v) is 2.04. The molecule has 3 nitrogen and oxygen atoms in total. The molecule has 1 aliphatic rings. The Balaban J connectivity index is 2.16. The van der Waals surface area contributed by atoms with E-state index >= 15 is 0 Å². The molecule has 0 spiro atoms. The SMILES string of the molecule is CCC1(Nc2cc(C)nc(F)n2)CCC1. The minimum atomic E-state index is -0.650. The minimum Gasteiger partial charge on any atom is -0.364 e. The molecule has 4 heteroatoms. The summed E-state index contributed by atoms with van der Waals surface area (Å²) in [5, 5.41) is 3.33. The molecule has 1 aromatic rings. The number of hydrogen-bond donors (Lipinski definition) is 1. The van der Waals surface area contributed by atoms with Crippen LogP contribution < -0.4 is 5.32 Å². The van der Waals surface area contributed by atoms with Crippen molar-refractivity contribution in [1.29, 1.82) is 0 Å². The van der Waals surface area contributed by atoms with Crippen molar-refractivity contribution in [3.8, 4) is 0 Å². The van der Waals surface area contributed by atoms with Gasteiger partial charge in [0.25, 0.3) is 0 Å². The van der Waals surface area contributed by atoms with Gasteiger partial charge in [-0.2, -0.15) is 9.37 Å². The zero-order valence-corrected chi connectivity index (χ0v) is 9.18. The molecule has 1 fully saturated rings. The summed E-state index contributed by atoms with van der Waals surface area (Å²) >= 11 is 0. The van der Waals surface area contributed by atoms with Crippen molar-refractivity contribution < 1.29 is 4.39 Å². The van der Waals surface area contributed by atoms with Crippen molar-refractivity contribution in [2.45, 2.75) is 45.1 Å². The summed E-state index contributed by atoms with van der Waals surface area (Å²) in [4.78, 5) is 7.38. The van der Waals surface area contributed by atoms with Crippen LogP contribution in [0.15, 0.2) is 6.07 Å². The molecule has 1 aliphatic carbocycles. The lowest BCUT2D eigenvalue weighted by molar-refractivity contribution is 0.268. The first-order valence-corrected chi connectivity index (χ1v) is 5.43. The highest BCUT2D eigenvalue weighted by Crippen LogP contribution is 2.37. The molecule has 0 saturated heterocycles. The van der Waals surface area contributed by atoms with E-state index in [-0.39, 0.29) is 5.54 Å². The van der Waals surface area contributed by atoms with Gasteiger partial charge in [-0.05, 0) is 32.6 Å². The Kier molecular flexibility index (Phi) is 2.59. The summed E-state index contributed by atoms with van der Waals surface area (Å²) in [6.45, 7) is 3.92. The van der Waals surface area contributed by atoms with Gasteiger partial charge >= 0.3 is 6.08 Å². The fraction of sp³-hybridized carbons (Fsp3) is 0.636. The van der Waals surface area contributed by atoms with Gasteiger partial charge in [0.2, 0.25) is 0 Å². The monoisotopic (exact) mass is 209 g/mol. The topological polar surface area (TPSA) is 37.8 Å². The van der Waals surface area contributed by atoms with E-state index in [1.807, 2.05) is 0 Å². The molecule has 0 aliphatic heterocycles. The predicted molar refractivity (Wildman–Crippen MR) is 57.2 cm³/mol. The molecule has 0 amide bonds. The van der Waals surface area contributed by atoms with Gasteiger partial charge in [-0.1, -0.05) is 6.92 Å². The summed E-state index contributed by atoms with van der Waals surface area (Å²) in [5.41, 5.74) is 0.809. The lowest BCUT2D eigenvalue weighted by atomic mass is 9.75. The van der Waals surface area contributed by atoms with E-state index in [1.165, 1.54) is 6.42 Å². The molecule has 1 aromatic heterocycles. The molecule has 15 heavy (non-hydrogen) atoms. The Morgan fingerprint density at radius 1 is 1.47 bits per heavy atom. The van der Waals surface area contributed by atoms with Gasteiger partial charge in [0.15, 0.2) is 0 Å². The average molecular weight is 209 g/mol. The molecular weight excluding hydrogens is 193 g/mol.